The number of methoxy groups -OCH3 is 1. The minimum atomic E-state index is -3.92. The predicted octanol–water partition coefficient (Wildman–Crippen LogP) is 2.16. The highest BCUT2D eigenvalue weighted by Gasteiger charge is 2.35. The summed E-state index contributed by atoms with van der Waals surface area (Å²) in [7, 11) is -2.72. The molecule has 2 heterocycles. The van der Waals surface area contributed by atoms with Gasteiger partial charge < -0.3 is 20.1 Å². The smallest absolute Gasteiger partial charge is 0.337 e. The molecule has 2 aliphatic heterocycles. The second-order valence-corrected chi connectivity index (χ2v) is 10.1. The van der Waals surface area contributed by atoms with Crippen LogP contribution in [0.25, 0.3) is 0 Å². The zero-order chi connectivity index (χ0) is 24.5. The highest BCUT2D eigenvalue weighted by atomic mass is 35.5. The van der Waals surface area contributed by atoms with Crippen LogP contribution in [0.4, 0.5) is 11.4 Å². The largest absolute Gasteiger partial charge is 0.466 e. The third-order valence-electron chi connectivity index (χ3n) is 5.81. The molecule has 11 heteroatoms. The van der Waals surface area contributed by atoms with Gasteiger partial charge in [-0.25, -0.2) is 13.2 Å². The second-order valence-electron chi connectivity index (χ2n) is 7.87. The molecular weight excluding hydrogens is 482 g/mol. The van der Waals surface area contributed by atoms with E-state index in [-0.39, 0.29) is 46.6 Å². The topological polar surface area (TPSA) is 116 Å². The van der Waals surface area contributed by atoms with Crippen molar-refractivity contribution in [2.75, 3.05) is 43.0 Å². The summed E-state index contributed by atoms with van der Waals surface area (Å²) < 4.78 is 33.2. The molecule has 180 valence electrons. The number of fused-ring (bicyclic) bond motifs is 1. The molecule has 0 aliphatic carbocycles. The van der Waals surface area contributed by atoms with E-state index in [2.05, 4.69) is 5.32 Å². The summed E-state index contributed by atoms with van der Waals surface area (Å²) in [5.74, 6) is -1.23. The number of nitrogens with one attached hydrogen (secondary N) is 1. The molecule has 2 aromatic rings. The van der Waals surface area contributed by atoms with Crippen LogP contribution < -0.4 is 9.62 Å². The number of carbonyl (C=O) groups is 2. The first kappa shape index (κ1) is 24.1. The monoisotopic (exact) mass is 505 g/mol. The fraction of sp³-hybridized carbons (Fsp3) is 0.304. The number of aliphatic hydroxyl groups is 1. The number of para-hydroxylation sites is 1. The minimum absolute atomic E-state index is 0.00557. The summed E-state index contributed by atoms with van der Waals surface area (Å²) in [6.45, 7) is 0.0475. The van der Waals surface area contributed by atoms with Gasteiger partial charge in [0.25, 0.3) is 15.9 Å². The van der Waals surface area contributed by atoms with Crippen LogP contribution in [0, 0.1) is 0 Å². The number of β-amino-alcohol motifs (C(OH)–C–C–N with tert-alkyl or cyclic N) is 1. The Bertz CT molecular complexity index is 1280. The third kappa shape index (κ3) is 4.36. The second kappa shape index (κ2) is 9.65. The normalized spacial score (nSPS) is 16.0. The fourth-order valence-corrected chi connectivity index (χ4v) is 5.85. The maximum absolute atomic E-state index is 13.5. The summed E-state index contributed by atoms with van der Waals surface area (Å²) in [6, 6.07) is 11.5. The molecule has 2 aliphatic rings. The van der Waals surface area contributed by atoms with Crippen LogP contribution >= 0.6 is 11.6 Å². The lowest BCUT2D eigenvalue weighted by Gasteiger charge is -2.30. The number of carbonyl (C=O) groups excluding carboxylic acids is 2. The van der Waals surface area contributed by atoms with E-state index < -0.39 is 21.9 Å². The Morgan fingerprint density at radius 2 is 2.00 bits per heavy atom. The molecule has 0 atom stereocenters. The van der Waals surface area contributed by atoms with Gasteiger partial charge in [0.15, 0.2) is 0 Å². The van der Waals surface area contributed by atoms with Gasteiger partial charge >= 0.3 is 5.97 Å². The number of esters is 1. The molecule has 0 spiro atoms. The average molecular weight is 506 g/mol. The Morgan fingerprint density at radius 1 is 1.24 bits per heavy atom. The summed E-state index contributed by atoms with van der Waals surface area (Å²) >= 11 is 6.32. The van der Waals surface area contributed by atoms with E-state index in [0.29, 0.717) is 18.7 Å². The Balaban J connectivity index is 1.71. The Hall–Kier alpha value is -3.08. The zero-order valence-corrected chi connectivity index (χ0v) is 20.0. The number of hydrogen-bond acceptors (Lipinski definition) is 7. The van der Waals surface area contributed by atoms with Crippen molar-refractivity contribution in [3.8, 4) is 0 Å². The first-order valence-corrected chi connectivity index (χ1v) is 12.5. The number of ether oxygens (including phenoxy) is 1. The van der Waals surface area contributed by atoms with Crippen LogP contribution in [0.15, 0.2) is 58.6 Å². The standard InChI is InChI=1S/C23H24ClN3O6S/c1-33-23(30)17-14-26(11-12-28)22(29)21(17)25-19-13-16(8-9-18(19)24)34(31,32)27-10-4-6-15-5-2-3-7-20(15)27/h2-3,5,7-9,13,25,28H,4,6,10-12,14H2,1H3. The summed E-state index contributed by atoms with van der Waals surface area (Å²) in [6.07, 6.45) is 1.49. The first-order valence-electron chi connectivity index (χ1n) is 10.7. The predicted molar refractivity (Wildman–Crippen MR) is 127 cm³/mol. The molecule has 34 heavy (non-hydrogen) atoms. The maximum atomic E-state index is 13.5. The molecule has 0 aromatic heterocycles. The number of sulfonamides is 1. The molecule has 0 saturated carbocycles. The molecule has 2 aromatic carbocycles. The van der Waals surface area contributed by atoms with Crippen LogP contribution in [0.3, 0.4) is 0 Å². The van der Waals surface area contributed by atoms with E-state index in [1.165, 1.54) is 34.5 Å². The summed E-state index contributed by atoms with van der Waals surface area (Å²) in [5.41, 5.74) is 1.75. The van der Waals surface area contributed by atoms with Gasteiger partial charge in [-0.1, -0.05) is 29.8 Å². The molecule has 1 amide bonds. The lowest BCUT2D eigenvalue weighted by molar-refractivity contribution is -0.136. The van der Waals surface area contributed by atoms with Gasteiger partial charge in [-0.2, -0.15) is 0 Å². The van der Waals surface area contributed by atoms with Gasteiger partial charge in [-0.3, -0.25) is 9.10 Å². The van der Waals surface area contributed by atoms with Gasteiger partial charge in [0.05, 0.1) is 47.1 Å². The molecule has 2 N–H and O–H groups in total. The molecule has 0 unspecified atom stereocenters. The average Bonchev–Trinajstić information content (AvgIpc) is 3.14. The van der Waals surface area contributed by atoms with Crippen LogP contribution in [-0.4, -0.2) is 63.7 Å². The van der Waals surface area contributed by atoms with Gasteiger partial charge in [0.2, 0.25) is 0 Å². The SMILES string of the molecule is COC(=O)C1=C(Nc2cc(S(=O)(=O)N3CCCc4ccccc43)ccc2Cl)C(=O)N(CCO)C1. The lowest BCUT2D eigenvalue weighted by Crippen LogP contribution is -2.35. The number of aliphatic hydroxyl groups excluding tert-OH is 1. The first-order chi connectivity index (χ1) is 16.3. The van der Waals surface area contributed by atoms with Crippen LogP contribution in [0.2, 0.25) is 5.02 Å². The van der Waals surface area contributed by atoms with Crippen molar-refractivity contribution in [3.05, 3.63) is 64.3 Å². The van der Waals surface area contributed by atoms with Crippen molar-refractivity contribution in [1.29, 1.82) is 0 Å². The minimum Gasteiger partial charge on any atom is -0.466 e. The van der Waals surface area contributed by atoms with Crippen molar-refractivity contribution in [2.45, 2.75) is 17.7 Å². The third-order valence-corrected chi connectivity index (χ3v) is 7.95. The fourth-order valence-electron chi connectivity index (χ4n) is 4.12. The van der Waals surface area contributed by atoms with E-state index in [0.717, 1.165) is 12.0 Å². The number of aryl methyl sites for hydroxylation is 1. The number of hydrogen-bond donors (Lipinski definition) is 2. The van der Waals surface area contributed by atoms with E-state index in [1.54, 1.807) is 12.1 Å². The van der Waals surface area contributed by atoms with Crippen LogP contribution in [0.5, 0.6) is 0 Å². The van der Waals surface area contributed by atoms with Crippen molar-refractivity contribution >= 4 is 44.9 Å². The molecule has 0 bridgehead atoms. The highest BCUT2D eigenvalue weighted by molar-refractivity contribution is 7.92. The number of halogens is 1. The summed E-state index contributed by atoms with van der Waals surface area (Å²) in [5, 5.41) is 12.2. The molecule has 9 nitrogen and oxygen atoms in total. The molecule has 0 saturated heterocycles. The quantitative estimate of drug-likeness (QED) is 0.554. The number of benzene rings is 2. The molecular formula is C23H24ClN3O6S. The number of nitrogens with zero attached hydrogens (tertiary/aromatic N) is 2. The molecule has 0 fully saturated rings. The van der Waals surface area contributed by atoms with E-state index >= 15 is 0 Å². The van der Waals surface area contributed by atoms with Crippen LogP contribution in [-0.2, 0) is 30.8 Å². The van der Waals surface area contributed by atoms with E-state index in [1.807, 2.05) is 12.1 Å². The number of anilines is 2. The Labute approximate surface area is 202 Å². The van der Waals surface area contributed by atoms with Crippen molar-refractivity contribution in [3.63, 3.8) is 0 Å². The highest BCUT2D eigenvalue weighted by Crippen LogP contribution is 2.35. The van der Waals surface area contributed by atoms with E-state index in [9.17, 15) is 23.1 Å². The molecule has 4 rings (SSSR count). The van der Waals surface area contributed by atoms with E-state index in [4.69, 9.17) is 16.3 Å². The van der Waals surface area contributed by atoms with Crippen LogP contribution in [0.1, 0.15) is 12.0 Å². The van der Waals surface area contributed by atoms with Gasteiger partial charge in [-0.05, 0) is 42.7 Å². The maximum Gasteiger partial charge on any atom is 0.337 e. The van der Waals surface area contributed by atoms with Crippen molar-refractivity contribution < 1.29 is 27.9 Å². The van der Waals surface area contributed by atoms with Gasteiger partial charge in [0.1, 0.15) is 5.70 Å². The summed E-state index contributed by atoms with van der Waals surface area (Å²) in [4.78, 5) is 26.4. The lowest BCUT2D eigenvalue weighted by atomic mass is 10.0. The Morgan fingerprint density at radius 3 is 2.74 bits per heavy atom. The number of amides is 1. The van der Waals surface area contributed by atoms with Crippen molar-refractivity contribution in [2.24, 2.45) is 0 Å². The molecule has 0 radical (unpaired) electrons. The van der Waals surface area contributed by atoms with Gasteiger partial charge in [-0.15, -0.1) is 0 Å². The zero-order valence-electron chi connectivity index (χ0n) is 18.5. The van der Waals surface area contributed by atoms with Gasteiger partial charge in [0, 0.05) is 13.1 Å². The Kier molecular flexibility index (Phi) is 6.83. The van der Waals surface area contributed by atoms with Crippen molar-refractivity contribution in [1.82, 2.24) is 4.90 Å². The number of rotatable bonds is 7.